The van der Waals surface area contributed by atoms with Gasteiger partial charge in [-0.1, -0.05) is 54.6 Å². The highest BCUT2D eigenvalue weighted by Crippen LogP contribution is 2.19. The average molecular weight is 379 g/mol. The van der Waals surface area contributed by atoms with Crippen LogP contribution in [0.1, 0.15) is 31.2 Å². The molecule has 1 N–H and O–H groups in total. The second-order valence-electron chi connectivity index (χ2n) is 5.69. The Hall–Kier alpha value is -3.25. The van der Waals surface area contributed by atoms with E-state index in [9.17, 15) is 14.4 Å². The summed E-state index contributed by atoms with van der Waals surface area (Å²) in [6.07, 6.45) is 0. The first-order valence-corrected chi connectivity index (χ1v) is 9.18. The third-order valence-electron chi connectivity index (χ3n) is 3.80. The van der Waals surface area contributed by atoms with Gasteiger partial charge in [0.15, 0.2) is 6.61 Å². The second kappa shape index (κ2) is 8.91. The van der Waals surface area contributed by atoms with Crippen LogP contribution >= 0.6 is 11.3 Å². The molecular formula is C21H17NO4S. The van der Waals surface area contributed by atoms with Gasteiger partial charge in [-0.3, -0.25) is 9.59 Å². The number of hydrogen-bond acceptors (Lipinski definition) is 5. The number of hydrogen-bond donors (Lipinski definition) is 1. The van der Waals surface area contributed by atoms with Gasteiger partial charge >= 0.3 is 5.97 Å². The van der Waals surface area contributed by atoms with Gasteiger partial charge in [-0.2, -0.15) is 0 Å². The van der Waals surface area contributed by atoms with E-state index in [1.807, 2.05) is 30.3 Å². The lowest BCUT2D eigenvalue weighted by Gasteiger charge is -2.09. The summed E-state index contributed by atoms with van der Waals surface area (Å²) in [7, 11) is 0. The summed E-state index contributed by atoms with van der Waals surface area (Å²) in [6, 6.07) is 19.3. The Morgan fingerprint density at radius 3 is 2.26 bits per heavy atom. The number of esters is 1. The number of ketones is 1. The molecule has 0 spiro atoms. The lowest BCUT2D eigenvalue weighted by Crippen LogP contribution is -2.28. The average Bonchev–Trinajstić information content (AvgIpc) is 3.25. The molecule has 0 bridgehead atoms. The zero-order valence-electron chi connectivity index (χ0n) is 14.4. The molecule has 6 heteroatoms. The first-order chi connectivity index (χ1) is 13.1. The molecule has 0 aliphatic carbocycles. The van der Waals surface area contributed by atoms with Gasteiger partial charge in [0.1, 0.15) is 0 Å². The van der Waals surface area contributed by atoms with Gasteiger partial charge in [0.05, 0.1) is 10.4 Å². The largest absolute Gasteiger partial charge is 0.452 e. The van der Waals surface area contributed by atoms with Crippen LogP contribution in [-0.2, 0) is 16.1 Å². The van der Waals surface area contributed by atoms with Crippen molar-refractivity contribution in [2.24, 2.45) is 0 Å². The molecule has 0 aliphatic rings. The van der Waals surface area contributed by atoms with E-state index in [0.29, 0.717) is 11.4 Å². The molecule has 0 aliphatic heterocycles. The molecule has 2 aromatic carbocycles. The Balaban J connectivity index is 1.60. The van der Waals surface area contributed by atoms with E-state index in [0.717, 1.165) is 5.56 Å². The van der Waals surface area contributed by atoms with Crippen LogP contribution in [0.25, 0.3) is 0 Å². The predicted molar refractivity (Wildman–Crippen MR) is 103 cm³/mol. The van der Waals surface area contributed by atoms with Crippen LogP contribution in [0.2, 0.25) is 0 Å². The highest BCUT2D eigenvalue weighted by atomic mass is 32.1. The SMILES string of the molecule is O=C(COC(=O)c1ccccc1C(=O)c1cccs1)NCc1ccccc1. The van der Waals surface area contributed by atoms with Crippen molar-refractivity contribution in [2.75, 3.05) is 6.61 Å². The van der Waals surface area contributed by atoms with Gasteiger partial charge in [0, 0.05) is 12.1 Å². The Kier molecular flexibility index (Phi) is 6.12. The van der Waals surface area contributed by atoms with Crippen LogP contribution in [0.15, 0.2) is 72.1 Å². The smallest absolute Gasteiger partial charge is 0.339 e. The van der Waals surface area contributed by atoms with Gasteiger partial charge in [0.25, 0.3) is 5.91 Å². The van der Waals surface area contributed by atoms with Crippen molar-refractivity contribution < 1.29 is 19.1 Å². The summed E-state index contributed by atoms with van der Waals surface area (Å²) in [4.78, 5) is 37.4. The summed E-state index contributed by atoms with van der Waals surface area (Å²) in [5, 5.41) is 4.48. The number of ether oxygens (including phenoxy) is 1. The first kappa shape index (κ1) is 18.5. The van der Waals surface area contributed by atoms with Gasteiger partial charge in [-0.15, -0.1) is 11.3 Å². The van der Waals surface area contributed by atoms with E-state index < -0.39 is 18.5 Å². The van der Waals surface area contributed by atoms with Gasteiger partial charge in [-0.05, 0) is 23.1 Å². The molecule has 0 fully saturated rings. The minimum atomic E-state index is -0.703. The van der Waals surface area contributed by atoms with Gasteiger partial charge < -0.3 is 10.1 Å². The third-order valence-corrected chi connectivity index (χ3v) is 4.67. The minimum Gasteiger partial charge on any atom is -0.452 e. The number of benzene rings is 2. The summed E-state index contributed by atoms with van der Waals surface area (Å²) in [5.41, 5.74) is 1.35. The van der Waals surface area contributed by atoms with E-state index in [2.05, 4.69) is 5.32 Å². The normalized spacial score (nSPS) is 10.2. The second-order valence-corrected chi connectivity index (χ2v) is 6.64. The lowest BCUT2D eigenvalue weighted by atomic mass is 10.0. The van der Waals surface area contributed by atoms with Gasteiger partial charge in [-0.25, -0.2) is 4.79 Å². The van der Waals surface area contributed by atoms with E-state index in [4.69, 9.17) is 4.74 Å². The lowest BCUT2D eigenvalue weighted by molar-refractivity contribution is -0.124. The molecule has 0 saturated heterocycles. The predicted octanol–water partition coefficient (Wildman–Crippen LogP) is 3.45. The first-order valence-electron chi connectivity index (χ1n) is 8.30. The number of carbonyl (C=O) groups excluding carboxylic acids is 3. The Morgan fingerprint density at radius 1 is 0.852 bits per heavy atom. The summed E-state index contributed by atoms with van der Waals surface area (Å²) in [5.74, 6) is -1.36. The molecule has 3 rings (SSSR count). The number of carbonyl (C=O) groups is 3. The molecule has 0 radical (unpaired) electrons. The van der Waals surface area contributed by atoms with Crippen molar-refractivity contribution in [1.29, 1.82) is 0 Å². The van der Waals surface area contributed by atoms with Crippen LogP contribution in [0, 0.1) is 0 Å². The maximum absolute atomic E-state index is 12.6. The van der Waals surface area contributed by atoms with Crippen molar-refractivity contribution >= 4 is 29.0 Å². The van der Waals surface area contributed by atoms with Crippen LogP contribution < -0.4 is 5.32 Å². The Labute approximate surface area is 160 Å². The van der Waals surface area contributed by atoms with Crippen LogP contribution in [0.3, 0.4) is 0 Å². The van der Waals surface area contributed by atoms with Crippen LogP contribution in [0.5, 0.6) is 0 Å². The molecule has 0 saturated carbocycles. The van der Waals surface area contributed by atoms with Crippen LogP contribution in [0.4, 0.5) is 0 Å². The van der Waals surface area contributed by atoms with E-state index in [1.54, 1.807) is 35.7 Å². The van der Waals surface area contributed by atoms with Crippen molar-refractivity contribution in [2.45, 2.75) is 6.54 Å². The number of thiophene rings is 1. The highest BCUT2D eigenvalue weighted by molar-refractivity contribution is 7.12. The minimum absolute atomic E-state index is 0.145. The van der Waals surface area contributed by atoms with Gasteiger partial charge in [0.2, 0.25) is 5.78 Å². The van der Waals surface area contributed by atoms with Crippen molar-refractivity contribution in [3.05, 3.63) is 93.7 Å². The highest BCUT2D eigenvalue weighted by Gasteiger charge is 2.20. The molecule has 0 unspecified atom stereocenters. The maximum Gasteiger partial charge on any atom is 0.339 e. The van der Waals surface area contributed by atoms with Crippen molar-refractivity contribution in [1.82, 2.24) is 5.32 Å². The maximum atomic E-state index is 12.6. The van der Waals surface area contributed by atoms with E-state index >= 15 is 0 Å². The fourth-order valence-electron chi connectivity index (χ4n) is 2.46. The zero-order chi connectivity index (χ0) is 19.1. The third kappa shape index (κ3) is 4.89. The molecule has 5 nitrogen and oxygen atoms in total. The molecule has 0 atom stereocenters. The molecule has 1 amide bonds. The number of nitrogens with one attached hydrogen (secondary N) is 1. The van der Waals surface area contributed by atoms with E-state index in [1.165, 1.54) is 17.4 Å². The number of amides is 1. The molecular weight excluding hydrogens is 362 g/mol. The quantitative estimate of drug-likeness (QED) is 0.504. The topological polar surface area (TPSA) is 72.5 Å². The van der Waals surface area contributed by atoms with Crippen molar-refractivity contribution in [3.8, 4) is 0 Å². The Morgan fingerprint density at radius 2 is 1.56 bits per heavy atom. The zero-order valence-corrected chi connectivity index (χ0v) is 15.2. The summed E-state index contributed by atoms with van der Waals surface area (Å²) >= 11 is 1.30. The Bertz CT molecular complexity index is 936. The van der Waals surface area contributed by atoms with Crippen molar-refractivity contribution in [3.63, 3.8) is 0 Å². The fraction of sp³-hybridized carbons (Fsp3) is 0.0952. The monoisotopic (exact) mass is 379 g/mol. The summed E-state index contributed by atoms with van der Waals surface area (Å²) in [6.45, 7) is -0.0577. The van der Waals surface area contributed by atoms with Crippen LogP contribution in [-0.4, -0.2) is 24.3 Å². The molecule has 1 heterocycles. The summed E-state index contributed by atoms with van der Waals surface area (Å²) < 4.78 is 5.09. The standard InChI is InChI=1S/C21H17NO4S/c23-19(22-13-15-7-2-1-3-8-15)14-26-21(25)17-10-5-4-9-16(17)20(24)18-11-6-12-27-18/h1-12H,13-14H2,(H,22,23). The molecule has 3 aromatic rings. The number of rotatable bonds is 7. The molecule has 27 heavy (non-hydrogen) atoms. The molecule has 136 valence electrons. The fourth-order valence-corrected chi connectivity index (χ4v) is 3.13. The molecule has 1 aromatic heterocycles. The van der Waals surface area contributed by atoms with E-state index in [-0.39, 0.29) is 16.9 Å².